The zero-order valence-electron chi connectivity index (χ0n) is 22.0. The summed E-state index contributed by atoms with van der Waals surface area (Å²) in [5.74, 6) is -0.727. The molecule has 2 fully saturated rings. The summed E-state index contributed by atoms with van der Waals surface area (Å²) in [6, 6.07) is 0. The molecule has 3 N–H and O–H groups in total. The Hall–Kier alpha value is -1.64. The fraction of sp³-hybridized carbons (Fsp3) is 0.846. The molecule has 2 aliphatic rings. The number of carbonyl (C=O) groups excluding carboxylic acids is 2. The van der Waals surface area contributed by atoms with E-state index in [2.05, 4.69) is 0 Å². The van der Waals surface area contributed by atoms with Gasteiger partial charge in [-0.1, -0.05) is 6.92 Å². The number of hydrogen-bond donors (Lipinski definition) is 2. The van der Waals surface area contributed by atoms with E-state index >= 15 is 0 Å². The molecular formula is C26H45NO7. The van der Waals surface area contributed by atoms with Crippen molar-refractivity contribution >= 4 is 11.9 Å². The smallest absolute Gasteiger partial charge is 0.333 e. The molecule has 0 aromatic rings. The summed E-state index contributed by atoms with van der Waals surface area (Å²) >= 11 is 0. The lowest BCUT2D eigenvalue weighted by atomic mass is 9.84. The molecule has 196 valence electrons. The number of ether oxygens (including phenoxy) is 4. The van der Waals surface area contributed by atoms with Crippen LogP contribution in [-0.4, -0.2) is 59.8 Å². The lowest BCUT2D eigenvalue weighted by Gasteiger charge is -2.41. The first-order chi connectivity index (χ1) is 15.6. The van der Waals surface area contributed by atoms with Gasteiger partial charge in [0.05, 0.1) is 36.9 Å². The maximum Gasteiger partial charge on any atom is 0.333 e. The molecule has 0 aromatic carbocycles. The fourth-order valence-electron chi connectivity index (χ4n) is 4.48. The van der Waals surface area contributed by atoms with Crippen LogP contribution in [0.5, 0.6) is 0 Å². The van der Waals surface area contributed by atoms with Gasteiger partial charge in [0.1, 0.15) is 11.2 Å². The van der Waals surface area contributed by atoms with Crippen molar-refractivity contribution in [1.82, 2.24) is 0 Å². The van der Waals surface area contributed by atoms with Crippen molar-refractivity contribution in [3.63, 3.8) is 0 Å². The van der Waals surface area contributed by atoms with Gasteiger partial charge in [-0.3, -0.25) is 4.79 Å². The first kappa shape index (κ1) is 28.6. The summed E-state index contributed by atoms with van der Waals surface area (Å²) in [7, 11) is 0. The topological polar surface area (TPSA) is 117 Å². The maximum atomic E-state index is 12.1. The maximum absolute atomic E-state index is 12.1. The average Bonchev–Trinajstić information content (AvgIpc) is 3.07. The van der Waals surface area contributed by atoms with Gasteiger partial charge in [0.2, 0.25) is 0 Å². The third-order valence-electron chi connectivity index (χ3n) is 6.33. The first-order valence-electron chi connectivity index (χ1n) is 12.5. The summed E-state index contributed by atoms with van der Waals surface area (Å²) in [5.41, 5.74) is 4.82. The molecule has 0 aromatic heterocycles. The zero-order chi connectivity index (χ0) is 25.7. The summed E-state index contributed by atoms with van der Waals surface area (Å²) < 4.78 is 23.3. The van der Waals surface area contributed by atoms with Gasteiger partial charge in [0.15, 0.2) is 0 Å². The van der Waals surface area contributed by atoms with Gasteiger partial charge in [0, 0.05) is 18.2 Å². The number of fused-ring (bicyclic) bond motifs is 1. The van der Waals surface area contributed by atoms with Crippen LogP contribution in [0.25, 0.3) is 0 Å². The highest BCUT2D eigenvalue weighted by molar-refractivity contribution is 5.83. The molecular weight excluding hydrogens is 438 g/mol. The Kier molecular flexibility index (Phi) is 9.59. The molecule has 8 nitrogen and oxygen atoms in total. The molecule has 2 saturated heterocycles. The van der Waals surface area contributed by atoms with E-state index in [9.17, 15) is 14.7 Å². The number of aliphatic hydroxyl groups excluding tert-OH is 1. The third kappa shape index (κ3) is 8.24. The van der Waals surface area contributed by atoms with E-state index in [1.54, 1.807) is 0 Å². The molecule has 2 aliphatic heterocycles. The van der Waals surface area contributed by atoms with Crippen LogP contribution in [0.1, 0.15) is 87.0 Å². The van der Waals surface area contributed by atoms with Gasteiger partial charge in [0.25, 0.3) is 0 Å². The molecule has 0 radical (unpaired) electrons. The van der Waals surface area contributed by atoms with Crippen molar-refractivity contribution in [3.05, 3.63) is 11.8 Å². The second-order valence-corrected chi connectivity index (χ2v) is 11.8. The molecule has 34 heavy (non-hydrogen) atoms. The minimum Gasteiger partial charge on any atom is -0.465 e. The van der Waals surface area contributed by atoms with E-state index in [0.717, 1.165) is 19.3 Å². The van der Waals surface area contributed by atoms with Crippen LogP contribution in [0, 0.1) is 11.3 Å². The average molecular weight is 484 g/mol. The van der Waals surface area contributed by atoms with Crippen molar-refractivity contribution in [2.24, 2.45) is 17.1 Å². The monoisotopic (exact) mass is 483 g/mol. The Bertz CT molecular complexity index is 736. The zero-order valence-corrected chi connectivity index (χ0v) is 22.0. The van der Waals surface area contributed by atoms with Crippen LogP contribution in [-0.2, 0) is 28.5 Å². The van der Waals surface area contributed by atoms with Crippen molar-refractivity contribution in [1.29, 1.82) is 0 Å². The van der Waals surface area contributed by atoms with E-state index in [4.69, 9.17) is 24.7 Å². The minimum absolute atomic E-state index is 0.0428. The standard InChI is InChI=1S/C26H45NO7/c1-17(20(27)14-22(29)34-25(5,6)7)13-18-10-11-21-26(16-28,33-18)15-19(32-21)9-8-12-31-23(30)24(2,3)4/h14,17-19,21,28H,8-13,15-16,27H2,1-7H3/b20-14-/t17-,18-,19+,21+,26-/m1/s1. The van der Waals surface area contributed by atoms with Crippen LogP contribution in [0.2, 0.25) is 0 Å². The Morgan fingerprint density at radius 3 is 2.44 bits per heavy atom. The van der Waals surface area contributed by atoms with Crippen LogP contribution < -0.4 is 5.73 Å². The molecule has 0 unspecified atom stereocenters. The predicted octanol–water partition coefficient (Wildman–Crippen LogP) is 3.63. The van der Waals surface area contributed by atoms with Gasteiger partial charge < -0.3 is 29.8 Å². The van der Waals surface area contributed by atoms with Gasteiger partial charge in [-0.05, 0) is 79.6 Å². The van der Waals surface area contributed by atoms with E-state index in [1.165, 1.54) is 6.08 Å². The molecule has 0 amide bonds. The normalized spacial score (nSPS) is 28.8. The number of allylic oxidation sites excluding steroid dienone is 1. The Morgan fingerprint density at radius 2 is 1.85 bits per heavy atom. The van der Waals surface area contributed by atoms with E-state index < -0.39 is 22.6 Å². The van der Waals surface area contributed by atoms with E-state index in [1.807, 2.05) is 48.5 Å². The molecule has 8 heteroatoms. The number of nitrogens with two attached hydrogens (primary N) is 1. The second-order valence-electron chi connectivity index (χ2n) is 11.8. The summed E-state index contributed by atoms with van der Waals surface area (Å²) in [6.07, 6.45) is 5.36. The fourth-order valence-corrected chi connectivity index (χ4v) is 4.48. The molecule has 2 heterocycles. The molecule has 2 rings (SSSR count). The van der Waals surface area contributed by atoms with E-state index in [0.29, 0.717) is 31.6 Å². The van der Waals surface area contributed by atoms with Gasteiger partial charge in [-0.2, -0.15) is 0 Å². The molecule has 0 aliphatic carbocycles. The van der Waals surface area contributed by atoms with Crippen LogP contribution >= 0.6 is 0 Å². The number of esters is 2. The van der Waals surface area contributed by atoms with Crippen LogP contribution in [0.15, 0.2) is 11.8 Å². The van der Waals surface area contributed by atoms with E-state index in [-0.39, 0.29) is 36.8 Å². The molecule has 5 atom stereocenters. The summed E-state index contributed by atoms with van der Waals surface area (Å²) in [4.78, 5) is 24.0. The Morgan fingerprint density at radius 1 is 1.18 bits per heavy atom. The minimum atomic E-state index is -0.723. The largest absolute Gasteiger partial charge is 0.465 e. The lowest BCUT2D eigenvalue weighted by Crippen LogP contribution is -2.51. The van der Waals surface area contributed by atoms with Crippen molar-refractivity contribution in [2.45, 2.75) is 117 Å². The highest BCUT2D eigenvalue weighted by Gasteiger charge is 2.52. The van der Waals surface area contributed by atoms with Crippen LogP contribution in [0.4, 0.5) is 0 Å². The number of aliphatic hydroxyl groups is 1. The highest BCUT2D eigenvalue weighted by Crippen LogP contribution is 2.43. The first-order valence-corrected chi connectivity index (χ1v) is 12.5. The summed E-state index contributed by atoms with van der Waals surface area (Å²) in [5, 5.41) is 10.2. The molecule has 0 saturated carbocycles. The van der Waals surface area contributed by atoms with Gasteiger partial charge in [-0.15, -0.1) is 0 Å². The van der Waals surface area contributed by atoms with Crippen LogP contribution in [0.3, 0.4) is 0 Å². The van der Waals surface area contributed by atoms with Gasteiger partial charge in [-0.25, -0.2) is 4.79 Å². The predicted molar refractivity (Wildman–Crippen MR) is 129 cm³/mol. The number of hydrogen-bond acceptors (Lipinski definition) is 8. The quantitative estimate of drug-likeness (QED) is 0.290. The highest BCUT2D eigenvalue weighted by atomic mass is 16.6. The number of rotatable bonds is 9. The summed E-state index contributed by atoms with van der Waals surface area (Å²) in [6.45, 7) is 13.2. The molecule has 0 spiro atoms. The van der Waals surface area contributed by atoms with Crippen molar-refractivity contribution in [3.8, 4) is 0 Å². The van der Waals surface area contributed by atoms with Crippen molar-refractivity contribution < 1.29 is 33.6 Å². The Balaban J connectivity index is 1.86. The molecule has 0 bridgehead atoms. The van der Waals surface area contributed by atoms with Crippen molar-refractivity contribution in [2.75, 3.05) is 13.2 Å². The lowest BCUT2D eigenvalue weighted by molar-refractivity contribution is -0.185. The number of carbonyl (C=O) groups is 2. The second kappa shape index (κ2) is 11.4. The Labute approximate surface area is 204 Å². The van der Waals surface area contributed by atoms with Gasteiger partial charge >= 0.3 is 11.9 Å². The SMILES string of the molecule is C[C@H](C[C@H]1CC[C@@H]2O[C@@H](CCCOC(=O)C(C)(C)C)C[C@]2(CO)O1)/C(N)=C/C(=O)OC(C)(C)C. The third-order valence-corrected chi connectivity index (χ3v) is 6.33.